The first-order valence-corrected chi connectivity index (χ1v) is 6.96. The highest BCUT2D eigenvalue weighted by atomic mass is 19.4. The average molecular weight is 318 g/mol. The van der Waals surface area contributed by atoms with E-state index in [0.29, 0.717) is 12.5 Å². The largest absolute Gasteiger partial charge is 0.418 e. The van der Waals surface area contributed by atoms with Crippen LogP contribution >= 0.6 is 0 Å². The second-order valence-electron chi connectivity index (χ2n) is 5.35. The Kier molecular flexibility index (Phi) is 4.90. The predicted molar refractivity (Wildman–Crippen MR) is 74.8 cm³/mol. The zero-order valence-corrected chi connectivity index (χ0v) is 12.0. The number of nitrogens with one attached hydrogen (secondary N) is 1. The molecule has 1 aliphatic rings. The number of alkyl halides is 3. The minimum Gasteiger partial charge on any atom is -0.382 e. The van der Waals surface area contributed by atoms with E-state index >= 15 is 0 Å². The lowest BCUT2D eigenvalue weighted by Crippen LogP contribution is -2.31. The Balaban J connectivity index is 2.24. The number of nitrogens with zero attached hydrogens (tertiary/aromatic N) is 1. The third kappa shape index (κ3) is 3.88. The van der Waals surface area contributed by atoms with Crippen LogP contribution in [0.5, 0.6) is 0 Å². The van der Waals surface area contributed by atoms with Crippen molar-refractivity contribution in [1.82, 2.24) is 0 Å². The van der Waals surface area contributed by atoms with Gasteiger partial charge < -0.3 is 10.1 Å². The SMILES string of the molecule is COC1CCCC(Nc2ccc([N+](=O)[O-])cc2C(F)(F)F)C1. The van der Waals surface area contributed by atoms with Crippen molar-refractivity contribution < 1.29 is 22.8 Å². The van der Waals surface area contributed by atoms with Crippen LogP contribution in [0.1, 0.15) is 31.2 Å². The number of anilines is 1. The minimum absolute atomic E-state index is 0.0265. The number of non-ortho nitro benzene ring substituents is 1. The Morgan fingerprint density at radius 3 is 2.68 bits per heavy atom. The molecule has 22 heavy (non-hydrogen) atoms. The molecule has 0 aromatic heterocycles. The quantitative estimate of drug-likeness (QED) is 0.673. The molecule has 0 bridgehead atoms. The van der Waals surface area contributed by atoms with Gasteiger partial charge in [-0.15, -0.1) is 0 Å². The summed E-state index contributed by atoms with van der Waals surface area (Å²) in [7, 11) is 1.58. The van der Waals surface area contributed by atoms with Gasteiger partial charge in [0, 0.05) is 31.0 Å². The molecule has 1 aliphatic carbocycles. The molecule has 122 valence electrons. The highest BCUT2D eigenvalue weighted by Crippen LogP contribution is 2.38. The normalized spacial score (nSPS) is 22.4. The summed E-state index contributed by atoms with van der Waals surface area (Å²) >= 11 is 0. The second kappa shape index (κ2) is 6.51. The van der Waals surface area contributed by atoms with Crippen LogP contribution in [0, 0.1) is 10.1 Å². The number of ether oxygens (including phenoxy) is 1. The lowest BCUT2D eigenvalue weighted by atomic mass is 9.92. The maximum atomic E-state index is 13.1. The van der Waals surface area contributed by atoms with Crippen LogP contribution in [0.2, 0.25) is 0 Å². The lowest BCUT2D eigenvalue weighted by molar-refractivity contribution is -0.385. The molecule has 1 aromatic carbocycles. The fourth-order valence-electron chi connectivity index (χ4n) is 2.72. The molecule has 0 amide bonds. The topological polar surface area (TPSA) is 64.4 Å². The lowest BCUT2D eigenvalue weighted by Gasteiger charge is -2.30. The number of benzene rings is 1. The van der Waals surface area contributed by atoms with E-state index in [1.165, 1.54) is 0 Å². The van der Waals surface area contributed by atoms with Gasteiger partial charge in [0.25, 0.3) is 5.69 Å². The Morgan fingerprint density at radius 1 is 1.36 bits per heavy atom. The molecule has 0 aliphatic heterocycles. The van der Waals surface area contributed by atoms with Gasteiger partial charge in [0.05, 0.1) is 16.6 Å². The van der Waals surface area contributed by atoms with Gasteiger partial charge in [-0.2, -0.15) is 13.2 Å². The van der Waals surface area contributed by atoms with Crippen LogP contribution in [-0.4, -0.2) is 24.2 Å². The molecule has 1 aromatic rings. The summed E-state index contributed by atoms with van der Waals surface area (Å²) in [6.45, 7) is 0. The van der Waals surface area contributed by atoms with Crippen molar-refractivity contribution in [2.24, 2.45) is 0 Å². The van der Waals surface area contributed by atoms with Gasteiger partial charge in [-0.1, -0.05) is 0 Å². The maximum Gasteiger partial charge on any atom is 0.418 e. The molecular formula is C14H17F3N2O3. The van der Waals surface area contributed by atoms with E-state index < -0.39 is 22.4 Å². The van der Waals surface area contributed by atoms with Crippen molar-refractivity contribution in [2.75, 3.05) is 12.4 Å². The molecule has 2 atom stereocenters. The van der Waals surface area contributed by atoms with Gasteiger partial charge >= 0.3 is 6.18 Å². The highest BCUT2D eigenvalue weighted by molar-refractivity contribution is 5.58. The standard InChI is InChI=1S/C14H17F3N2O3/c1-22-11-4-2-3-9(7-11)18-13-6-5-10(19(20)21)8-12(13)14(15,16)17/h5-6,8-9,11,18H,2-4,7H2,1H3. The Hall–Kier alpha value is -1.83. The van der Waals surface area contributed by atoms with Gasteiger partial charge in [0.1, 0.15) is 0 Å². The molecule has 1 N–H and O–H groups in total. The number of hydrogen-bond acceptors (Lipinski definition) is 4. The number of nitro benzene ring substituents is 1. The zero-order valence-electron chi connectivity index (χ0n) is 12.0. The summed E-state index contributed by atoms with van der Waals surface area (Å²) in [5.74, 6) is 0. The van der Waals surface area contributed by atoms with Crippen LogP contribution in [-0.2, 0) is 10.9 Å². The summed E-state index contributed by atoms with van der Waals surface area (Å²) < 4.78 is 44.6. The van der Waals surface area contributed by atoms with Crippen LogP contribution in [0.4, 0.5) is 24.5 Å². The molecule has 0 saturated heterocycles. The number of halogens is 3. The number of rotatable bonds is 4. The van der Waals surface area contributed by atoms with E-state index in [-0.39, 0.29) is 17.8 Å². The van der Waals surface area contributed by atoms with E-state index in [4.69, 9.17) is 4.74 Å². The average Bonchev–Trinajstić information content (AvgIpc) is 2.46. The summed E-state index contributed by atoms with van der Waals surface area (Å²) in [5, 5.41) is 13.5. The van der Waals surface area contributed by atoms with Crippen LogP contribution in [0.25, 0.3) is 0 Å². The van der Waals surface area contributed by atoms with Crippen molar-refractivity contribution >= 4 is 11.4 Å². The smallest absolute Gasteiger partial charge is 0.382 e. The first-order valence-electron chi connectivity index (χ1n) is 6.96. The van der Waals surface area contributed by atoms with Gasteiger partial charge in [-0.05, 0) is 31.7 Å². The molecule has 2 rings (SSSR count). The van der Waals surface area contributed by atoms with E-state index in [1.54, 1.807) is 7.11 Å². The molecule has 1 fully saturated rings. The van der Waals surface area contributed by atoms with Crippen LogP contribution in [0.3, 0.4) is 0 Å². The van der Waals surface area contributed by atoms with E-state index in [1.807, 2.05) is 0 Å². The van der Waals surface area contributed by atoms with Crippen LogP contribution in [0.15, 0.2) is 18.2 Å². The van der Waals surface area contributed by atoms with Crippen molar-refractivity contribution in [3.8, 4) is 0 Å². The molecule has 2 unspecified atom stereocenters. The monoisotopic (exact) mass is 318 g/mol. The number of nitro groups is 1. The summed E-state index contributed by atoms with van der Waals surface area (Å²) in [6.07, 6.45) is -1.51. The van der Waals surface area contributed by atoms with E-state index in [2.05, 4.69) is 5.32 Å². The zero-order chi connectivity index (χ0) is 16.3. The van der Waals surface area contributed by atoms with E-state index in [0.717, 1.165) is 31.4 Å². The van der Waals surface area contributed by atoms with Gasteiger partial charge in [-0.3, -0.25) is 10.1 Å². The Bertz CT molecular complexity index is 549. The summed E-state index contributed by atoms with van der Waals surface area (Å²) in [6, 6.07) is 2.63. The van der Waals surface area contributed by atoms with Gasteiger partial charge in [-0.25, -0.2) is 0 Å². The summed E-state index contributed by atoms with van der Waals surface area (Å²) in [5.41, 5.74) is -1.71. The first-order chi connectivity index (χ1) is 10.3. The van der Waals surface area contributed by atoms with Gasteiger partial charge in [0.2, 0.25) is 0 Å². The fourth-order valence-corrected chi connectivity index (χ4v) is 2.72. The van der Waals surface area contributed by atoms with Crippen molar-refractivity contribution in [1.29, 1.82) is 0 Å². The molecule has 5 nitrogen and oxygen atoms in total. The predicted octanol–water partition coefficient (Wildman–Crippen LogP) is 3.98. The fraction of sp³-hybridized carbons (Fsp3) is 0.571. The first kappa shape index (κ1) is 16.5. The molecule has 0 radical (unpaired) electrons. The number of hydrogen-bond donors (Lipinski definition) is 1. The Labute approximate surface area is 125 Å². The third-order valence-electron chi connectivity index (χ3n) is 3.84. The summed E-state index contributed by atoms with van der Waals surface area (Å²) in [4.78, 5) is 9.83. The molecule has 0 heterocycles. The second-order valence-corrected chi connectivity index (χ2v) is 5.35. The Morgan fingerprint density at radius 2 is 2.09 bits per heavy atom. The van der Waals surface area contributed by atoms with Crippen molar-refractivity contribution in [3.63, 3.8) is 0 Å². The molecule has 1 saturated carbocycles. The molecule has 8 heteroatoms. The van der Waals surface area contributed by atoms with Crippen molar-refractivity contribution in [3.05, 3.63) is 33.9 Å². The molecular weight excluding hydrogens is 301 g/mol. The maximum absolute atomic E-state index is 13.1. The van der Waals surface area contributed by atoms with Crippen LogP contribution < -0.4 is 5.32 Å². The minimum atomic E-state index is -4.65. The molecule has 0 spiro atoms. The third-order valence-corrected chi connectivity index (χ3v) is 3.84. The van der Waals surface area contributed by atoms with Gasteiger partial charge in [0.15, 0.2) is 0 Å². The highest BCUT2D eigenvalue weighted by Gasteiger charge is 2.36. The number of methoxy groups -OCH3 is 1. The van der Waals surface area contributed by atoms with E-state index in [9.17, 15) is 23.3 Å². The van der Waals surface area contributed by atoms with Crippen molar-refractivity contribution in [2.45, 2.75) is 44.0 Å².